The topological polar surface area (TPSA) is 18.5 Å². The normalized spacial score (nSPS) is 10.8. The van der Waals surface area contributed by atoms with Crippen LogP contribution in [0.3, 0.4) is 0 Å². The molecular formula is C8H17O2. The molecule has 0 saturated heterocycles. The van der Waals surface area contributed by atoms with Crippen LogP contribution in [0, 0.1) is 6.92 Å². The number of rotatable bonds is 6. The minimum atomic E-state index is 0.309. The van der Waals surface area contributed by atoms with Crippen molar-refractivity contribution in [3.05, 3.63) is 6.92 Å². The maximum atomic E-state index is 5.24. The fourth-order valence-electron chi connectivity index (χ4n) is 0.547. The summed E-state index contributed by atoms with van der Waals surface area (Å²) in [6, 6.07) is 0. The molecule has 0 saturated carbocycles. The molecule has 0 bridgehead atoms. The lowest BCUT2D eigenvalue weighted by molar-refractivity contribution is 0.0207. The van der Waals surface area contributed by atoms with Crippen LogP contribution in [0.25, 0.3) is 0 Å². The van der Waals surface area contributed by atoms with E-state index in [1.54, 1.807) is 0 Å². The highest BCUT2D eigenvalue weighted by Crippen LogP contribution is 1.87. The zero-order valence-electron chi connectivity index (χ0n) is 6.93. The molecule has 0 N–H and O–H groups in total. The molecule has 2 nitrogen and oxygen atoms in total. The van der Waals surface area contributed by atoms with Crippen molar-refractivity contribution in [3.63, 3.8) is 0 Å². The van der Waals surface area contributed by atoms with Gasteiger partial charge in [0.05, 0.1) is 19.3 Å². The molecule has 0 amide bonds. The van der Waals surface area contributed by atoms with Crippen LogP contribution >= 0.6 is 0 Å². The molecule has 0 aliphatic rings. The summed E-state index contributed by atoms with van der Waals surface area (Å²) in [5, 5.41) is 0. The lowest BCUT2D eigenvalue weighted by Gasteiger charge is -2.06. The SMILES string of the molecule is [CH2]CCOCCOC(C)C. The summed E-state index contributed by atoms with van der Waals surface area (Å²) in [4.78, 5) is 0. The van der Waals surface area contributed by atoms with Crippen LogP contribution in [0.1, 0.15) is 20.3 Å². The Morgan fingerprint density at radius 1 is 1.20 bits per heavy atom. The van der Waals surface area contributed by atoms with Gasteiger partial charge in [-0.05, 0) is 20.3 Å². The smallest absolute Gasteiger partial charge is 0.0703 e. The van der Waals surface area contributed by atoms with Crippen LogP contribution < -0.4 is 0 Å². The molecule has 0 atom stereocenters. The Hall–Kier alpha value is -0.0800. The Balaban J connectivity index is 2.77. The Bertz CT molecular complexity index is 62.3. The monoisotopic (exact) mass is 145 g/mol. The van der Waals surface area contributed by atoms with Crippen LogP contribution in [0.2, 0.25) is 0 Å². The van der Waals surface area contributed by atoms with Gasteiger partial charge in [-0.3, -0.25) is 0 Å². The first-order valence-corrected chi connectivity index (χ1v) is 3.76. The van der Waals surface area contributed by atoms with Gasteiger partial charge in [-0.1, -0.05) is 6.92 Å². The largest absolute Gasteiger partial charge is 0.379 e. The van der Waals surface area contributed by atoms with Gasteiger partial charge in [-0.25, -0.2) is 0 Å². The van der Waals surface area contributed by atoms with Gasteiger partial charge in [0.25, 0.3) is 0 Å². The van der Waals surface area contributed by atoms with Crippen molar-refractivity contribution in [2.75, 3.05) is 19.8 Å². The molecule has 0 unspecified atom stereocenters. The molecule has 1 radical (unpaired) electrons. The summed E-state index contributed by atoms with van der Waals surface area (Å²) in [5.41, 5.74) is 0. The fourth-order valence-corrected chi connectivity index (χ4v) is 0.547. The van der Waals surface area contributed by atoms with E-state index >= 15 is 0 Å². The Kier molecular flexibility index (Phi) is 6.98. The molecule has 0 aromatic carbocycles. The van der Waals surface area contributed by atoms with Crippen molar-refractivity contribution >= 4 is 0 Å². The van der Waals surface area contributed by atoms with E-state index in [9.17, 15) is 0 Å². The highest BCUT2D eigenvalue weighted by molar-refractivity contribution is 4.38. The third-order valence-electron chi connectivity index (χ3n) is 0.968. The Labute approximate surface area is 63.5 Å². The predicted molar refractivity (Wildman–Crippen MR) is 41.9 cm³/mol. The summed E-state index contributed by atoms with van der Waals surface area (Å²) in [5.74, 6) is 0. The van der Waals surface area contributed by atoms with E-state index in [2.05, 4.69) is 6.92 Å². The summed E-state index contributed by atoms with van der Waals surface area (Å²) < 4.78 is 10.4. The minimum absolute atomic E-state index is 0.309. The van der Waals surface area contributed by atoms with Crippen molar-refractivity contribution in [2.24, 2.45) is 0 Å². The first-order chi connectivity index (χ1) is 4.77. The third-order valence-corrected chi connectivity index (χ3v) is 0.968. The number of hydrogen-bond donors (Lipinski definition) is 0. The van der Waals surface area contributed by atoms with Gasteiger partial charge in [-0.2, -0.15) is 0 Å². The summed E-state index contributed by atoms with van der Waals surface area (Å²) >= 11 is 0. The molecule has 0 aliphatic heterocycles. The van der Waals surface area contributed by atoms with Gasteiger partial charge in [0.1, 0.15) is 0 Å². The van der Waals surface area contributed by atoms with Crippen LogP contribution in [0.5, 0.6) is 0 Å². The molecule has 61 valence electrons. The zero-order chi connectivity index (χ0) is 7.82. The molecular weight excluding hydrogens is 128 g/mol. The van der Waals surface area contributed by atoms with Crippen LogP contribution in [-0.2, 0) is 9.47 Å². The van der Waals surface area contributed by atoms with E-state index in [0.717, 1.165) is 13.0 Å². The van der Waals surface area contributed by atoms with E-state index in [-0.39, 0.29) is 0 Å². The molecule has 0 aliphatic carbocycles. The average molecular weight is 145 g/mol. The van der Waals surface area contributed by atoms with E-state index in [1.165, 1.54) is 0 Å². The van der Waals surface area contributed by atoms with Crippen molar-refractivity contribution in [2.45, 2.75) is 26.4 Å². The first kappa shape index (κ1) is 9.92. The van der Waals surface area contributed by atoms with Crippen molar-refractivity contribution < 1.29 is 9.47 Å². The fraction of sp³-hybridized carbons (Fsp3) is 0.875. The van der Waals surface area contributed by atoms with E-state index in [4.69, 9.17) is 9.47 Å². The minimum Gasteiger partial charge on any atom is -0.379 e. The van der Waals surface area contributed by atoms with Gasteiger partial charge in [0.2, 0.25) is 0 Å². The number of hydrogen-bond acceptors (Lipinski definition) is 2. The maximum Gasteiger partial charge on any atom is 0.0703 e. The maximum absolute atomic E-state index is 5.24. The lowest BCUT2D eigenvalue weighted by atomic mass is 10.5. The summed E-state index contributed by atoms with van der Waals surface area (Å²) in [6.45, 7) is 9.80. The lowest BCUT2D eigenvalue weighted by Crippen LogP contribution is -2.09. The summed E-state index contributed by atoms with van der Waals surface area (Å²) in [7, 11) is 0. The van der Waals surface area contributed by atoms with Crippen LogP contribution in [-0.4, -0.2) is 25.9 Å². The Morgan fingerprint density at radius 2 is 1.90 bits per heavy atom. The molecule has 0 rings (SSSR count). The second-order valence-electron chi connectivity index (χ2n) is 2.39. The number of ether oxygens (including phenoxy) is 2. The average Bonchev–Trinajstić information content (AvgIpc) is 1.87. The predicted octanol–water partition coefficient (Wildman–Crippen LogP) is 1.65. The molecule has 0 aromatic heterocycles. The molecule has 0 aromatic rings. The highest BCUT2D eigenvalue weighted by Gasteiger charge is 1.91. The van der Waals surface area contributed by atoms with Gasteiger partial charge < -0.3 is 9.47 Å². The highest BCUT2D eigenvalue weighted by atomic mass is 16.5. The van der Waals surface area contributed by atoms with Gasteiger partial charge in [0, 0.05) is 6.61 Å². The van der Waals surface area contributed by atoms with E-state index in [0.29, 0.717) is 19.3 Å². The molecule has 0 heterocycles. The van der Waals surface area contributed by atoms with Crippen LogP contribution in [0.15, 0.2) is 0 Å². The standard InChI is InChI=1S/C8H17O2/c1-4-5-9-6-7-10-8(2)3/h8H,1,4-7H2,2-3H3. The molecule has 0 spiro atoms. The van der Waals surface area contributed by atoms with E-state index in [1.807, 2.05) is 13.8 Å². The second kappa shape index (κ2) is 7.03. The van der Waals surface area contributed by atoms with Gasteiger partial charge >= 0.3 is 0 Å². The van der Waals surface area contributed by atoms with Crippen molar-refractivity contribution in [1.82, 2.24) is 0 Å². The molecule has 2 heteroatoms. The molecule has 10 heavy (non-hydrogen) atoms. The molecule has 0 fully saturated rings. The van der Waals surface area contributed by atoms with Crippen molar-refractivity contribution in [1.29, 1.82) is 0 Å². The van der Waals surface area contributed by atoms with Crippen LogP contribution in [0.4, 0.5) is 0 Å². The van der Waals surface area contributed by atoms with Crippen molar-refractivity contribution in [3.8, 4) is 0 Å². The second-order valence-corrected chi connectivity index (χ2v) is 2.39. The zero-order valence-corrected chi connectivity index (χ0v) is 6.93. The quantitative estimate of drug-likeness (QED) is 0.529. The third kappa shape index (κ3) is 7.92. The van der Waals surface area contributed by atoms with Gasteiger partial charge in [-0.15, -0.1) is 0 Å². The Morgan fingerprint density at radius 3 is 2.40 bits per heavy atom. The van der Waals surface area contributed by atoms with E-state index < -0.39 is 0 Å². The van der Waals surface area contributed by atoms with Gasteiger partial charge in [0.15, 0.2) is 0 Å². The first-order valence-electron chi connectivity index (χ1n) is 3.76. The summed E-state index contributed by atoms with van der Waals surface area (Å²) in [6.07, 6.45) is 1.14.